The maximum Gasteiger partial charge on any atom is 0.253 e. The normalized spacial score (nSPS) is 22.4. The van der Waals surface area contributed by atoms with Gasteiger partial charge in [-0.3, -0.25) is 4.79 Å². The highest BCUT2D eigenvalue weighted by atomic mass is 35.5. The van der Waals surface area contributed by atoms with E-state index in [1.165, 1.54) is 6.20 Å². The second kappa shape index (κ2) is 6.41. The standard InChI is InChI=1S/C14H19ClN2O3/c1-3-20-13-11(15)7-10(8-16-13)12(18)17-14(2)5-4-6-19-9-14/h7-8H,3-6,9H2,1-2H3,(H,17,18). The van der Waals surface area contributed by atoms with Crippen LogP contribution in [0.5, 0.6) is 5.88 Å². The fourth-order valence-electron chi connectivity index (χ4n) is 2.17. The monoisotopic (exact) mass is 298 g/mol. The first kappa shape index (κ1) is 15.1. The van der Waals surface area contributed by atoms with Gasteiger partial charge < -0.3 is 14.8 Å². The van der Waals surface area contributed by atoms with E-state index < -0.39 is 0 Å². The van der Waals surface area contributed by atoms with E-state index in [0.717, 1.165) is 19.4 Å². The molecule has 0 aliphatic carbocycles. The average Bonchev–Trinajstić information content (AvgIpc) is 2.41. The van der Waals surface area contributed by atoms with Gasteiger partial charge in [-0.1, -0.05) is 11.6 Å². The van der Waals surface area contributed by atoms with Crippen molar-refractivity contribution < 1.29 is 14.3 Å². The zero-order chi connectivity index (χ0) is 14.6. The number of pyridine rings is 1. The minimum atomic E-state index is -0.333. The van der Waals surface area contributed by atoms with Crippen LogP contribution >= 0.6 is 11.6 Å². The number of carbonyl (C=O) groups excluding carboxylic acids is 1. The van der Waals surface area contributed by atoms with Gasteiger partial charge in [0.05, 0.1) is 24.3 Å². The van der Waals surface area contributed by atoms with Crippen LogP contribution in [0.4, 0.5) is 0 Å². The molecule has 0 bridgehead atoms. The zero-order valence-electron chi connectivity index (χ0n) is 11.7. The van der Waals surface area contributed by atoms with Crippen molar-refractivity contribution in [3.8, 4) is 5.88 Å². The molecule has 0 spiro atoms. The summed E-state index contributed by atoms with van der Waals surface area (Å²) in [6.07, 6.45) is 3.31. The summed E-state index contributed by atoms with van der Waals surface area (Å²) in [4.78, 5) is 16.3. The van der Waals surface area contributed by atoms with Gasteiger partial charge in [0.15, 0.2) is 0 Å². The Hall–Kier alpha value is -1.33. The van der Waals surface area contributed by atoms with Crippen molar-refractivity contribution >= 4 is 17.5 Å². The van der Waals surface area contributed by atoms with Gasteiger partial charge in [0, 0.05) is 12.8 Å². The Labute approximate surface area is 123 Å². The summed E-state index contributed by atoms with van der Waals surface area (Å²) in [5, 5.41) is 3.32. The predicted molar refractivity (Wildman–Crippen MR) is 76.3 cm³/mol. The number of amides is 1. The number of nitrogens with zero attached hydrogens (tertiary/aromatic N) is 1. The van der Waals surface area contributed by atoms with E-state index in [1.54, 1.807) is 6.07 Å². The molecule has 110 valence electrons. The smallest absolute Gasteiger partial charge is 0.253 e. The number of aromatic nitrogens is 1. The maximum absolute atomic E-state index is 12.2. The van der Waals surface area contributed by atoms with Gasteiger partial charge in [-0.25, -0.2) is 4.98 Å². The zero-order valence-corrected chi connectivity index (χ0v) is 12.5. The summed E-state index contributed by atoms with van der Waals surface area (Å²) in [5.41, 5.74) is 0.0886. The molecule has 2 rings (SSSR count). The second-order valence-corrected chi connectivity index (χ2v) is 5.52. The molecule has 1 unspecified atom stereocenters. The van der Waals surface area contributed by atoms with E-state index in [1.807, 2.05) is 13.8 Å². The summed E-state index contributed by atoms with van der Waals surface area (Å²) in [6, 6.07) is 1.57. The van der Waals surface area contributed by atoms with Crippen LogP contribution in [0.25, 0.3) is 0 Å². The van der Waals surface area contributed by atoms with Crippen LogP contribution in [0.2, 0.25) is 5.02 Å². The lowest BCUT2D eigenvalue weighted by molar-refractivity contribution is 0.0272. The summed E-state index contributed by atoms with van der Waals surface area (Å²) in [6.45, 7) is 5.59. The number of ether oxygens (including phenoxy) is 2. The second-order valence-electron chi connectivity index (χ2n) is 5.11. The topological polar surface area (TPSA) is 60.5 Å². The summed E-state index contributed by atoms with van der Waals surface area (Å²) < 4.78 is 10.7. The number of carbonyl (C=O) groups is 1. The SMILES string of the molecule is CCOc1ncc(C(=O)NC2(C)CCCOC2)cc1Cl. The van der Waals surface area contributed by atoms with Crippen molar-refractivity contribution in [1.29, 1.82) is 0 Å². The van der Waals surface area contributed by atoms with Crippen molar-refractivity contribution in [3.05, 3.63) is 22.8 Å². The molecule has 1 aromatic heterocycles. The number of rotatable bonds is 4. The molecule has 0 radical (unpaired) electrons. The highest BCUT2D eigenvalue weighted by Gasteiger charge is 2.29. The van der Waals surface area contributed by atoms with Crippen LogP contribution in [0.3, 0.4) is 0 Å². The van der Waals surface area contributed by atoms with E-state index in [2.05, 4.69) is 10.3 Å². The Morgan fingerprint density at radius 2 is 2.45 bits per heavy atom. The Balaban J connectivity index is 2.07. The molecule has 0 saturated carbocycles. The molecule has 1 aliphatic rings. The van der Waals surface area contributed by atoms with Gasteiger partial charge in [-0.05, 0) is 32.8 Å². The Kier molecular flexibility index (Phi) is 4.83. The fraction of sp³-hybridized carbons (Fsp3) is 0.571. The van der Waals surface area contributed by atoms with Crippen LogP contribution in [0.1, 0.15) is 37.0 Å². The Morgan fingerprint density at radius 1 is 1.65 bits per heavy atom. The molecule has 5 nitrogen and oxygen atoms in total. The molecule has 1 aliphatic heterocycles. The van der Waals surface area contributed by atoms with Crippen LogP contribution in [-0.2, 0) is 4.74 Å². The van der Waals surface area contributed by atoms with Crippen molar-refractivity contribution in [1.82, 2.24) is 10.3 Å². The third kappa shape index (κ3) is 3.61. The van der Waals surface area contributed by atoms with Crippen LogP contribution in [0, 0.1) is 0 Å². The molecule has 1 saturated heterocycles. The van der Waals surface area contributed by atoms with E-state index in [9.17, 15) is 4.79 Å². The number of halogens is 1. The van der Waals surface area contributed by atoms with E-state index >= 15 is 0 Å². The summed E-state index contributed by atoms with van der Waals surface area (Å²) in [5.74, 6) is 0.147. The molecule has 20 heavy (non-hydrogen) atoms. The minimum Gasteiger partial charge on any atom is -0.477 e. The number of hydrogen-bond donors (Lipinski definition) is 1. The van der Waals surface area contributed by atoms with Crippen LogP contribution in [0.15, 0.2) is 12.3 Å². The largest absolute Gasteiger partial charge is 0.477 e. The van der Waals surface area contributed by atoms with E-state index in [0.29, 0.717) is 29.7 Å². The number of nitrogens with one attached hydrogen (secondary N) is 1. The first-order chi connectivity index (χ1) is 9.54. The lowest BCUT2D eigenvalue weighted by atomic mass is 9.94. The lowest BCUT2D eigenvalue weighted by Crippen LogP contribution is -2.51. The van der Waals surface area contributed by atoms with Crippen LogP contribution in [-0.4, -0.2) is 36.3 Å². The van der Waals surface area contributed by atoms with Crippen LogP contribution < -0.4 is 10.1 Å². The van der Waals surface area contributed by atoms with Gasteiger partial charge in [-0.2, -0.15) is 0 Å². The molecule has 6 heteroatoms. The third-order valence-electron chi connectivity index (χ3n) is 3.20. The van der Waals surface area contributed by atoms with Crippen molar-refractivity contribution in [2.24, 2.45) is 0 Å². The quantitative estimate of drug-likeness (QED) is 0.927. The molecule has 2 heterocycles. The van der Waals surface area contributed by atoms with Crippen molar-refractivity contribution in [2.75, 3.05) is 19.8 Å². The first-order valence-electron chi connectivity index (χ1n) is 6.73. The predicted octanol–water partition coefficient (Wildman–Crippen LogP) is 2.43. The highest BCUT2D eigenvalue weighted by molar-refractivity contribution is 6.32. The molecule has 1 aromatic rings. The van der Waals surface area contributed by atoms with Gasteiger partial charge >= 0.3 is 0 Å². The van der Waals surface area contributed by atoms with E-state index in [4.69, 9.17) is 21.1 Å². The summed E-state index contributed by atoms with van der Waals surface area (Å²) >= 11 is 6.04. The summed E-state index contributed by atoms with van der Waals surface area (Å²) in [7, 11) is 0. The number of hydrogen-bond acceptors (Lipinski definition) is 4. The van der Waals surface area contributed by atoms with Gasteiger partial charge in [0.2, 0.25) is 5.88 Å². The molecule has 1 atom stereocenters. The average molecular weight is 299 g/mol. The molecular weight excluding hydrogens is 280 g/mol. The molecule has 0 aromatic carbocycles. The molecule has 1 fully saturated rings. The third-order valence-corrected chi connectivity index (χ3v) is 3.47. The molecular formula is C14H19ClN2O3. The van der Waals surface area contributed by atoms with Gasteiger partial charge in [-0.15, -0.1) is 0 Å². The molecule has 1 amide bonds. The fourth-order valence-corrected chi connectivity index (χ4v) is 2.39. The Bertz CT molecular complexity index is 487. The van der Waals surface area contributed by atoms with Crippen molar-refractivity contribution in [3.63, 3.8) is 0 Å². The lowest BCUT2D eigenvalue weighted by Gasteiger charge is -2.34. The van der Waals surface area contributed by atoms with E-state index in [-0.39, 0.29) is 11.4 Å². The highest BCUT2D eigenvalue weighted by Crippen LogP contribution is 2.23. The first-order valence-corrected chi connectivity index (χ1v) is 7.10. The minimum absolute atomic E-state index is 0.199. The maximum atomic E-state index is 12.2. The molecule has 1 N–H and O–H groups in total. The van der Waals surface area contributed by atoms with Gasteiger partial charge in [0.1, 0.15) is 5.02 Å². The Morgan fingerprint density at radius 3 is 3.05 bits per heavy atom. The van der Waals surface area contributed by atoms with Gasteiger partial charge in [0.25, 0.3) is 5.91 Å². The van der Waals surface area contributed by atoms with Crippen molar-refractivity contribution in [2.45, 2.75) is 32.2 Å².